The molecule has 1 heterocycles. The van der Waals surface area contributed by atoms with E-state index < -0.39 is 11.6 Å². The number of urea groups is 1. The molecule has 4 amide bonds. The fraction of sp³-hybridized carbons (Fsp3) is 0.842. The topological polar surface area (TPSA) is 78.5 Å². The van der Waals surface area contributed by atoms with Crippen molar-refractivity contribution in [3.63, 3.8) is 0 Å². The van der Waals surface area contributed by atoms with Crippen molar-refractivity contribution in [3.8, 4) is 0 Å². The highest BCUT2D eigenvalue weighted by Gasteiger charge is 2.55. The summed E-state index contributed by atoms with van der Waals surface area (Å²) in [7, 11) is 0. The van der Waals surface area contributed by atoms with E-state index in [1.807, 2.05) is 6.92 Å². The fourth-order valence-electron chi connectivity index (χ4n) is 4.04. The van der Waals surface area contributed by atoms with Crippen LogP contribution in [0.25, 0.3) is 0 Å². The molecular weight excluding hydrogens is 318 g/mol. The molecule has 0 aromatic rings. The third kappa shape index (κ3) is 4.33. The molecular formula is C19H33N3O3. The highest BCUT2D eigenvalue weighted by Crippen LogP contribution is 2.38. The van der Waals surface area contributed by atoms with Crippen LogP contribution in [-0.2, 0) is 9.59 Å². The Balaban J connectivity index is 1.90. The zero-order chi connectivity index (χ0) is 18.4. The quantitative estimate of drug-likeness (QED) is 0.660. The lowest BCUT2D eigenvalue weighted by Gasteiger charge is -2.36. The van der Waals surface area contributed by atoms with Gasteiger partial charge in [0, 0.05) is 6.54 Å². The van der Waals surface area contributed by atoms with E-state index in [2.05, 4.69) is 24.5 Å². The van der Waals surface area contributed by atoms with Crippen molar-refractivity contribution in [1.29, 1.82) is 0 Å². The maximum atomic E-state index is 12.8. The Bertz CT molecular complexity index is 508. The largest absolute Gasteiger partial charge is 0.354 e. The average molecular weight is 351 g/mol. The summed E-state index contributed by atoms with van der Waals surface area (Å²) >= 11 is 0. The molecule has 2 rings (SSSR count). The fourth-order valence-corrected chi connectivity index (χ4v) is 4.04. The second kappa shape index (κ2) is 8.68. The van der Waals surface area contributed by atoms with Crippen LogP contribution in [0.4, 0.5) is 4.79 Å². The van der Waals surface area contributed by atoms with Crippen LogP contribution in [0.15, 0.2) is 0 Å². The van der Waals surface area contributed by atoms with Gasteiger partial charge in [0.25, 0.3) is 5.91 Å². The summed E-state index contributed by atoms with van der Waals surface area (Å²) in [4.78, 5) is 38.5. The molecule has 1 aliphatic carbocycles. The molecule has 3 unspecified atom stereocenters. The van der Waals surface area contributed by atoms with Crippen LogP contribution in [0.3, 0.4) is 0 Å². The van der Waals surface area contributed by atoms with E-state index in [4.69, 9.17) is 0 Å². The van der Waals surface area contributed by atoms with Crippen molar-refractivity contribution in [2.24, 2.45) is 11.8 Å². The number of amides is 4. The van der Waals surface area contributed by atoms with Crippen molar-refractivity contribution in [3.05, 3.63) is 0 Å². The standard InChI is InChI=1S/C19H33N3O3/c1-4-6-10-15(5-2)12-20-16(23)13-22-17(24)19(21-18(22)25)11-8-7-9-14(19)3/h14-15H,4-13H2,1-3H3,(H,20,23)(H,21,25). The first-order chi connectivity index (χ1) is 11.9. The number of hydrogen-bond donors (Lipinski definition) is 2. The predicted molar refractivity (Wildman–Crippen MR) is 96.9 cm³/mol. The minimum atomic E-state index is -0.789. The van der Waals surface area contributed by atoms with Crippen LogP contribution < -0.4 is 10.6 Å². The normalized spacial score (nSPS) is 27.5. The number of hydrogen-bond acceptors (Lipinski definition) is 3. The lowest BCUT2D eigenvalue weighted by molar-refractivity contribution is -0.137. The van der Waals surface area contributed by atoms with Gasteiger partial charge >= 0.3 is 6.03 Å². The Labute approximate surface area is 151 Å². The molecule has 2 fully saturated rings. The van der Waals surface area contributed by atoms with Gasteiger partial charge in [-0.3, -0.25) is 14.5 Å². The highest BCUT2D eigenvalue weighted by molar-refractivity contribution is 6.09. The lowest BCUT2D eigenvalue weighted by Crippen LogP contribution is -2.54. The van der Waals surface area contributed by atoms with E-state index in [9.17, 15) is 14.4 Å². The Hall–Kier alpha value is -1.59. The predicted octanol–water partition coefficient (Wildman–Crippen LogP) is 2.82. The molecule has 0 bridgehead atoms. The van der Waals surface area contributed by atoms with Crippen molar-refractivity contribution in [1.82, 2.24) is 15.5 Å². The lowest BCUT2D eigenvalue weighted by atomic mass is 9.73. The minimum absolute atomic E-state index is 0.115. The van der Waals surface area contributed by atoms with E-state index in [0.29, 0.717) is 18.9 Å². The molecule has 6 nitrogen and oxygen atoms in total. The first kappa shape index (κ1) is 19.7. The van der Waals surface area contributed by atoms with Gasteiger partial charge in [0.15, 0.2) is 0 Å². The molecule has 0 aromatic carbocycles. The molecule has 3 atom stereocenters. The van der Waals surface area contributed by atoms with Crippen molar-refractivity contribution < 1.29 is 14.4 Å². The van der Waals surface area contributed by atoms with Crippen molar-refractivity contribution >= 4 is 17.8 Å². The summed E-state index contributed by atoms with van der Waals surface area (Å²) in [5.41, 5.74) is -0.789. The Morgan fingerprint density at radius 2 is 2.12 bits per heavy atom. The van der Waals surface area contributed by atoms with Gasteiger partial charge in [0.2, 0.25) is 5.91 Å². The monoisotopic (exact) mass is 351 g/mol. The minimum Gasteiger partial charge on any atom is -0.354 e. The molecule has 1 aliphatic heterocycles. The second-order valence-corrected chi connectivity index (χ2v) is 7.66. The molecule has 0 radical (unpaired) electrons. The zero-order valence-corrected chi connectivity index (χ0v) is 15.9. The summed E-state index contributed by atoms with van der Waals surface area (Å²) in [6.07, 6.45) is 8.04. The van der Waals surface area contributed by atoms with E-state index in [1.54, 1.807) is 0 Å². The van der Waals surface area contributed by atoms with Crippen LogP contribution in [0.1, 0.15) is 72.1 Å². The maximum Gasteiger partial charge on any atom is 0.325 e. The number of carbonyl (C=O) groups excluding carboxylic acids is 3. The van der Waals surface area contributed by atoms with Crippen molar-refractivity contribution in [2.75, 3.05) is 13.1 Å². The van der Waals surface area contributed by atoms with Crippen LogP contribution in [0.2, 0.25) is 0 Å². The van der Waals surface area contributed by atoms with Gasteiger partial charge in [0.05, 0.1) is 0 Å². The number of imide groups is 1. The van der Waals surface area contributed by atoms with Gasteiger partial charge in [-0.15, -0.1) is 0 Å². The first-order valence-corrected chi connectivity index (χ1v) is 9.85. The molecule has 2 N–H and O–H groups in total. The molecule has 2 aliphatic rings. The summed E-state index contributed by atoms with van der Waals surface area (Å²) < 4.78 is 0. The third-order valence-electron chi connectivity index (χ3n) is 5.93. The molecule has 6 heteroatoms. The molecule has 142 valence electrons. The van der Waals surface area contributed by atoms with E-state index in [-0.39, 0.29) is 24.3 Å². The van der Waals surface area contributed by atoms with E-state index in [1.165, 1.54) is 0 Å². The highest BCUT2D eigenvalue weighted by atomic mass is 16.2. The van der Waals surface area contributed by atoms with Gasteiger partial charge in [-0.2, -0.15) is 0 Å². The maximum absolute atomic E-state index is 12.8. The molecule has 25 heavy (non-hydrogen) atoms. The Kier molecular flexibility index (Phi) is 6.85. The third-order valence-corrected chi connectivity index (χ3v) is 5.93. The second-order valence-electron chi connectivity index (χ2n) is 7.66. The number of nitrogens with one attached hydrogen (secondary N) is 2. The Morgan fingerprint density at radius 3 is 2.76 bits per heavy atom. The van der Waals surface area contributed by atoms with E-state index >= 15 is 0 Å². The summed E-state index contributed by atoms with van der Waals surface area (Å²) in [5.74, 6) is 0.0952. The smallest absolute Gasteiger partial charge is 0.325 e. The number of rotatable bonds is 8. The molecule has 1 saturated heterocycles. The zero-order valence-electron chi connectivity index (χ0n) is 15.9. The summed E-state index contributed by atoms with van der Waals surface area (Å²) in [6, 6.07) is -0.424. The molecule has 0 aromatic heterocycles. The van der Waals surface area contributed by atoms with Gasteiger partial charge < -0.3 is 10.6 Å². The number of carbonyl (C=O) groups is 3. The van der Waals surface area contributed by atoms with Crippen LogP contribution in [-0.4, -0.2) is 41.4 Å². The van der Waals surface area contributed by atoms with Crippen LogP contribution in [0.5, 0.6) is 0 Å². The van der Waals surface area contributed by atoms with Crippen molar-refractivity contribution in [2.45, 2.75) is 77.7 Å². The van der Waals surface area contributed by atoms with Gasteiger partial charge in [-0.25, -0.2) is 4.79 Å². The number of unbranched alkanes of at least 4 members (excludes halogenated alkanes) is 1. The summed E-state index contributed by atoms with van der Waals surface area (Å²) in [5, 5.41) is 5.79. The average Bonchev–Trinajstić information content (AvgIpc) is 2.83. The first-order valence-electron chi connectivity index (χ1n) is 9.85. The SMILES string of the molecule is CCCCC(CC)CNC(=O)CN1C(=O)NC2(CCCCC2C)C1=O. The molecule has 1 spiro atoms. The van der Waals surface area contributed by atoms with Gasteiger partial charge in [-0.1, -0.05) is 52.9 Å². The summed E-state index contributed by atoms with van der Waals surface area (Å²) in [6.45, 7) is 6.73. The molecule has 1 saturated carbocycles. The van der Waals surface area contributed by atoms with Crippen LogP contribution in [0, 0.1) is 11.8 Å². The number of nitrogens with zero attached hydrogens (tertiary/aromatic N) is 1. The van der Waals surface area contributed by atoms with Gasteiger partial charge in [-0.05, 0) is 31.1 Å². The Morgan fingerprint density at radius 1 is 1.36 bits per heavy atom. The van der Waals surface area contributed by atoms with E-state index in [0.717, 1.165) is 49.8 Å². The van der Waals surface area contributed by atoms with Crippen LogP contribution >= 0.6 is 0 Å². The van der Waals surface area contributed by atoms with Gasteiger partial charge in [0.1, 0.15) is 12.1 Å².